The Bertz CT molecular complexity index is 1180. The number of methoxy groups -OCH3 is 4. The first-order valence-electron chi connectivity index (χ1n) is 9.13. The lowest BCUT2D eigenvalue weighted by molar-refractivity contribution is -0.435. The molecule has 2 rings (SSSR count). The highest BCUT2D eigenvalue weighted by molar-refractivity contribution is 6.05. The predicted octanol–water partition coefficient (Wildman–Crippen LogP) is 5.14. The Balaban J connectivity index is 2.87. The highest BCUT2D eigenvalue weighted by Crippen LogP contribution is 2.40. The Kier molecular flexibility index (Phi) is 7.83. The summed E-state index contributed by atoms with van der Waals surface area (Å²) in [6, 6.07) is 2.55. The van der Waals surface area contributed by atoms with Crippen molar-refractivity contribution in [3.63, 3.8) is 0 Å². The van der Waals surface area contributed by atoms with Crippen molar-refractivity contribution in [2.75, 3.05) is 28.4 Å². The number of azo groups is 1. The van der Waals surface area contributed by atoms with Gasteiger partial charge >= 0.3 is 12.4 Å². The van der Waals surface area contributed by atoms with Gasteiger partial charge in [-0.2, -0.15) is 26.3 Å². The molecule has 15 heteroatoms. The van der Waals surface area contributed by atoms with E-state index < -0.39 is 51.3 Å². The first-order valence-corrected chi connectivity index (χ1v) is 9.13. The Morgan fingerprint density at radius 2 is 1.09 bits per heavy atom. The van der Waals surface area contributed by atoms with Crippen LogP contribution < -0.4 is 18.9 Å². The standard InChI is InChI=1S/C20H16F6N2O7/c1-32-13-5-9(17(29)19(21,22)23)11(7-15(13)34-3)27-28(31)12-8-16(35-4)14(33-2)6-10(12)18(30)20(24,25)26/h5-8H,1-4H3. The Hall–Kier alpha value is -4.04. The number of hydrogen-bond donors (Lipinski definition) is 0. The highest BCUT2D eigenvalue weighted by Gasteiger charge is 2.44. The van der Waals surface area contributed by atoms with Crippen LogP contribution in [0.15, 0.2) is 29.4 Å². The van der Waals surface area contributed by atoms with Gasteiger partial charge in [0.2, 0.25) is 0 Å². The molecule has 0 atom stereocenters. The van der Waals surface area contributed by atoms with Crippen molar-refractivity contribution in [2.45, 2.75) is 12.4 Å². The molecule has 0 N–H and O–H groups in total. The van der Waals surface area contributed by atoms with Crippen LogP contribution in [0.2, 0.25) is 0 Å². The molecule has 0 radical (unpaired) electrons. The van der Waals surface area contributed by atoms with E-state index in [1.807, 2.05) is 0 Å². The lowest BCUT2D eigenvalue weighted by atomic mass is 10.1. The first-order chi connectivity index (χ1) is 16.2. The van der Waals surface area contributed by atoms with Gasteiger partial charge in [-0.15, -0.1) is 0 Å². The van der Waals surface area contributed by atoms with Crippen LogP contribution >= 0.6 is 0 Å². The number of ketones is 2. The van der Waals surface area contributed by atoms with Gasteiger partial charge in [-0.05, 0) is 10.9 Å². The van der Waals surface area contributed by atoms with Crippen molar-refractivity contribution < 1.29 is 59.7 Å². The first kappa shape index (κ1) is 27.2. The normalized spacial score (nSPS) is 12.2. The average molecular weight is 510 g/mol. The molecule has 0 amide bonds. The zero-order chi connectivity index (χ0) is 26.7. The quantitative estimate of drug-likeness (QED) is 0.159. The van der Waals surface area contributed by atoms with Gasteiger partial charge < -0.3 is 24.2 Å². The fourth-order valence-corrected chi connectivity index (χ4v) is 2.80. The second-order valence-electron chi connectivity index (χ2n) is 6.48. The summed E-state index contributed by atoms with van der Waals surface area (Å²) in [6.07, 6.45) is -10.8. The molecule has 0 aliphatic carbocycles. The van der Waals surface area contributed by atoms with E-state index in [0.717, 1.165) is 34.5 Å². The summed E-state index contributed by atoms with van der Waals surface area (Å²) in [5.41, 5.74) is -4.39. The van der Waals surface area contributed by atoms with E-state index in [9.17, 15) is 41.1 Å². The second-order valence-corrected chi connectivity index (χ2v) is 6.48. The molecule has 0 bridgehead atoms. The molecular formula is C20H16F6N2O7. The third-order valence-corrected chi connectivity index (χ3v) is 4.41. The number of Topliss-reactive ketones (excluding diaryl/α,β-unsaturated/α-hetero) is 2. The molecule has 0 saturated carbocycles. The summed E-state index contributed by atoms with van der Waals surface area (Å²) in [7, 11) is 4.29. The fourth-order valence-electron chi connectivity index (χ4n) is 2.80. The molecule has 0 saturated heterocycles. The maximum atomic E-state index is 13.1. The van der Waals surface area contributed by atoms with Crippen LogP contribution in [0.5, 0.6) is 23.0 Å². The number of hydrogen-bond acceptors (Lipinski definition) is 8. The SMILES string of the molecule is COc1cc(N=[N+]([O-])c2cc(OC)c(OC)cc2C(=O)C(F)(F)F)c(C(=O)C(F)(F)F)cc1OC. The third-order valence-electron chi connectivity index (χ3n) is 4.41. The molecule has 0 fully saturated rings. The van der Waals surface area contributed by atoms with E-state index in [4.69, 9.17) is 18.9 Å². The largest absolute Gasteiger partial charge is 0.594 e. The van der Waals surface area contributed by atoms with Crippen LogP contribution in [0, 0.1) is 5.21 Å². The zero-order valence-electron chi connectivity index (χ0n) is 18.3. The lowest BCUT2D eigenvalue weighted by Crippen LogP contribution is -2.24. The van der Waals surface area contributed by atoms with Gasteiger partial charge in [0.25, 0.3) is 17.3 Å². The number of benzene rings is 2. The van der Waals surface area contributed by atoms with Crippen molar-refractivity contribution in [1.82, 2.24) is 0 Å². The molecule has 190 valence electrons. The fraction of sp³-hybridized carbons (Fsp3) is 0.300. The minimum Gasteiger partial charge on any atom is -0.594 e. The van der Waals surface area contributed by atoms with Crippen molar-refractivity contribution in [3.05, 3.63) is 40.6 Å². The van der Waals surface area contributed by atoms with E-state index in [1.54, 1.807) is 0 Å². The van der Waals surface area contributed by atoms with Crippen LogP contribution in [0.25, 0.3) is 0 Å². The Morgan fingerprint density at radius 1 is 0.714 bits per heavy atom. The minimum absolute atomic E-state index is 0.253. The molecule has 0 aliphatic heterocycles. The average Bonchev–Trinajstić information content (AvgIpc) is 2.80. The van der Waals surface area contributed by atoms with Crippen molar-refractivity contribution in [2.24, 2.45) is 5.11 Å². The summed E-state index contributed by atoms with van der Waals surface area (Å²) < 4.78 is 98.3. The van der Waals surface area contributed by atoms with Gasteiger partial charge in [-0.1, -0.05) is 0 Å². The summed E-state index contributed by atoms with van der Waals surface area (Å²) >= 11 is 0. The Labute approximate surface area is 193 Å². The van der Waals surface area contributed by atoms with Crippen LogP contribution in [0.3, 0.4) is 0 Å². The monoisotopic (exact) mass is 510 g/mol. The lowest BCUT2D eigenvalue weighted by Gasteiger charge is -2.14. The maximum Gasteiger partial charge on any atom is 0.455 e. The van der Waals surface area contributed by atoms with Crippen molar-refractivity contribution in [3.8, 4) is 23.0 Å². The highest BCUT2D eigenvalue weighted by atomic mass is 19.4. The van der Waals surface area contributed by atoms with Crippen molar-refractivity contribution in [1.29, 1.82) is 0 Å². The van der Waals surface area contributed by atoms with Gasteiger partial charge in [-0.25, -0.2) is 0 Å². The molecule has 2 aromatic rings. The number of carbonyl (C=O) groups excluding carboxylic acids is 2. The molecule has 0 aliphatic rings. The second kappa shape index (κ2) is 10.1. The van der Waals surface area contributed by atoms with Gasteiger partial charge in [0.15, 0.2) is 23.0 Å². The molecule has 2 aromatic carbocycles. The topological polar surface area (TPSA) is 109 Å². The van der Waals surface area contributed by atoms with E-state index in [2.05, 4.69) is 5.11 Å². The summed E-state index contributed by atoms with van der Waals surface area (Å²) in [5.74, 6) is -6.12. The number of rotatable bonds is 8. The van der Waals surface area contributed by atoms with Crippen LogP contribution in [-0.4, -0.2) is 57.2 Å². The number of nitrogens with zero attached hydrogens (tertiary/aromatic N) is 2. The molecule has 0 aromatic heterocycles. The maximum absolute atomic E-state index is 13.1. The Morgan fingerprint density at radius 3 is 1.51 bits per heavy atom. The van der Waals surface area contributed by atoms with Crippen LogP contribution in [0.4, 0.5) is 37.7 Å². The summed E-state index contributed by atoms with van der Waals surface area (Å²) in [5, 5.41) is 16.1. The zero-order valence-corrected chi connectivity index (χ0v) is 18.3. The summed E-state index contributed by atoms with van der Waals surface area (Å²) in [6.45, 7) is 0. The van der Waals surface area contributed by atoms with E-state index >= 15 is 0 Å². The van der Waals surface area contributed by atoms with E-state index in [0.29, 0.717) is 18.2 Å². The molecular weight excluding hydrogens is 494 g/mol. The summed E-state index contributed by atoms with van der Waals surface area (Å²) in [4.78, 5) is 23.3. The van der Waals surface area contributed by atoms with Gasteiger partial charge in [-0.3, -0.25) is 9.59 Å². The molecule has 0 heterocycles. The molecule has 0 unspecified atom stereocenters. The minimum atomic E-state index is -5.43. The van der Waals surface area contributed by atoms with Crippen LogP contribution in [0.1, 0.15) is 20.7 Å². The van der Waals surface area contributed by atoms with Gasteiger partial charge in [0.05, 0.1) is 40.1 Å². The van der Waals surface area contributed by atoms with Crippen molar-refractivity contribution >= 4 is 22.9 Å². The number of ether oxygens (including phenoxy) is 4. The molecule has 0 spiro atoms. The predicted molar refractivity (Wildman–Crippen MR) is 105 cm³/mol. The van der Waals surface area contributed by atoms with Crippen LogP contribution in [-0.2, 0) is 0 Å². The number of carbonyl (C=O) groups is 2. The van der Waals surface area contributed by atoms with Gasteiger partial charge in [0, 0.05) is 17.2 Å². The molecule has 9 nitrogen and oxygen atoms in total. The molecule has 35 heavy (non-hydrogen) atoms. The number of alkyl halides is 6. The van der Waals surface area contributed by atoms with E-state index in [1.165, 1.54) is 0 Å². The van der Waals surface area contributed by atoms with Gasteiger partial charge in [0.1, 0.15) is 11.3 Å². The number of halogens is 6. The third kappa shape index (κ3) is 5.73. The van der Waals surface area contributed by atoms with E-state index in [-0.39, 0.29) is 23.0 Å². The smallest absolute Gasteiger partial charge is 0.455 e.